The van der Waals surface area contributed by atoms with Crippen LogP contribution in [0.1, 0.15) is 45.7 Å². The Morgan fingerprint density at radius 3 is 2.70 bits per heavy atom. The quantitative estimate of drug-likeness (QED) is 0.520. The molecule has 2 heterocycles. The van der Waals surface area contributed by atoms with Crippen molar-refractivity contribution < 1.29 is 19.1 Å². The van der Waals surface area contributed by atoms with Crippen molar-refractivity contribution in [2.24, 2.45) is 0 Å². The fourth-order valence-corrected chi connectivity index (χ4v) is 3.54. The number of carbonyl (C=O) groups is 3. The minimum atomic E-state index is -0.683. The first-order chi connectivity index (χ1) is 12.9. The number of Topliss-reactive ketones (excluding diaryl/α,β-unsaturated/α-hetero) is 1. The Hall–Kier alpha value is -3.00. The lowest BCUT2D eigenvalue weighted by Gasteiger charge is -2.22. The summed E-state index contributed by atoms with van der Waals surface area (Å²) in [7, 11) is 1.65. The van der Waals surface area contributed by atoms with Gasteiger partial charge in [0.1, 0.15) is 10.7 Å². The van der Waals surface area contributed by atoms with Gasteiger partial charge >= 0.3 is 5.97 Å². The number of nitrogens with one attached hydrogen (secondary N) is 1. The normalized spacial score (nSPS) is 12.0. The predicted octanol–water partition coefficient (Wildman–Crippen LogP) is 3.20. The van der Waals surface area contributed by atoms with Crippen LogP contribution in [0.4, 0.5) is 0 Å². The van der Waals surface area contributed by atoms with E-state index in [0.29, 0.717) is 5.56 Å². The van der Waals surface area contributed by atoms with Gasteiger partial charge in [0.25, 0.3) is 5.91 Å². The van der Waals surface area contributed by atoms with Gasteiger partial charge in [-0.15, -0.1) is 11.3 Å². The lowest BCUT2D eigenvalue weighted by atomic mass is 10.2. The third-order valence-corrected chi connectivity index (χ3v) is 5.49. The van der Waals surface area contributed by atoms with Crippen molar-refractivity contribution in [1.29, 1.82) is 0 Å². The van der Waals surface area contributed by atoms with Crippen LogP contribution in [0.25, 0.3) is 10.2 Å². The molecule has 0 saturated carbocycles. The Labute approximate surface area is 160 Å². The molecule has 0 fully saturated rings. The third kappa shape index (κ3) is 4.06. The lowest BCUT2D eigenvalue weighted by Crippen LogP contribution is -2.33. The fourth-order valence-electron chi connectivity index (χ4n) is 2.47. The van der Waals surface area contributed by atoms with Crippen molar-refractivity contribution in [2.45, 2.75) is 19.9 Å². The van der Waals surface area contributed by atoms with Gasteiger partial charge in [0.05, 0.1) is 16.3 Å². The maximum absolute atomic E-state index is 12.4. The zero-order valence-electron chi connectivity index (χ0n) is 15.2. The number of hydrogen-bond acceptors (Lipinski definition) is 6. The summed E-state index contributed by atoms with van der Waals surface area (Å²) in [4.78, 5) is 44.4. The van der Waals surface area contributed by atoms with Crippen molar-refractivity contribution in [2.75, 3.05) is 13.7 Å². The number of ketones is 1. The molecule has 0 aliphatic carbocycles. The Morgan fingerprint density at radius 2 is 2.04 bits per heavy atom. The van der Waals surface area contributed by atoms with Crippen LogP contribution in [0.15, 0.2) is 36.5 Å². The highest BCUT2D eigenvalue weighted by Gasteiger charge is 2.22. The topological polar surface area (TPSA) is 92.4 Å². The second kappa shape index (κ2) is 7.71. The Balaban J connectivity index is 1.60. The number of benzene rings is 1. The van der Waals surface area contributed by atoms with Crippen LogP contribution in [0.5, 0.6) is 0 Å². The van der Waals surface area contributed by atoms with E-state index in [1.54, 1.807) is 7.05 Å². The number of likely N-dealkylation sites (N-methyl/N-ethyl adjacent to an activating group) is 1. The van der Waals surface area contributed by atoms with Gasteiger partial charge in [-0.05, 0) is 32.0 Å². The molecule has 0 radical (unpaired) electrons. The van der Waals surface area contributed by atoms with Gasteiger partial charge in [-0.25, -0.2) is 9.78 Å². The Morgan fingerprint density at radius 1 is 1.30 bits per heavy atom. The zero-order valence-corrected chi connectivity index (χ0v) is 16.0. The number of amides is 1. The van der Waals surface area contributed by atoms with Crippen molar-refractivity contribution in [3.05, 3.63) is 52.8 Å². The van der Waals surface area contributed by atoms with Crippen molar-refractivity contribution >= 4 is 39.2 Å². The molecule has 140 valence electrons. The van der Waals surface area contributed by atoms with E-state index >= 15 is 0 Å². The molecule has 3 rings (SSSR count). The fraction of sp³-hybridized carbons (Fsp3) is 0.263. The number of esters is 1. The molecule has 2 aromatic heterocycles. The van der Waals surface area contributed by atoms with Crippen molar-refractivity contribution in [1.82, 2.24) is 14.9 Å². The molecule has 1 atom stereocenters. The number of H-pyrrole nitrogens is 1. The van der Waals surface area contributed by atoms with Gasteiger partial charge in [0.2, 0.25) is 0 Å². The molecular weight excluding hydrogens is 366 g/mol. The summed E-state index contributed by atoms with van der Waals surface area (Å²) >= 11 is 1.53. The van der Waals surface area contributed by atoms with E-state index in [-0.39, 0.29) is 30.0 Å². The maximum atomic E-state index is 12.4. The van der Waals surface area contributed by atoms with Crippen LogP contribution in [-0.4, -0.2) is 46.2 Å². The standard InChI is InChI=1S/C19H19N3O4S/c1-11(18-21-14-6-4-5-7-16(14)27-18)22(3)17(24)10-26-19(25)15-8-13(9-20-15)12(2)23/h4-9,11,20H,10H2,1-3H3/t11-/m1/s1. The number of fused-ring (bicyclic) bond motifs is 1. The first-order valence-corrected chi connectivity index (χ1v) is 9.16. The second-order valence-electron chi connectivity index (χ2n) is 6.13. The first kappa shape index (κ1) is 18.8. The van der Waals surface area contributed by atoms with E-state index in [4.69, 9.17) is 4.74 Å². The molecule has 0 spiro atoms. The van der Waals surface area contributed by atoms with Gasteiger partial charge < -0.3 is 14.6 Å². The highest BCUT2D eigenvalue weighted by molar-refractivity contribution is 7.18. The number of aromatic amines is 1. The SMILES string of the molecule is CC(=O)c1c[nH]c(C(=O)OCC(=O)N(C)[C@H](C)c2nc3ccccc3s2)c1. The van der Waals surface area contributed by atoms with Crippen LogP contribution in [0.2, 0.25) is 0 Å². The van der Waals surface area contributed by atoms with Gasteiger partial charge in [0.15, 0.2) is 12.4 Å². The number of nitrogens with zero attached hydrogens (tertiary/aromatic N) is 2. The predicted molar refractivity (Wildman–Crippen MR) is 102 cm³/mol. The van der Waals surface area contributed by atoms with Crippen LogP contribution in [-0.2, 0) is 9.53 Å². The van der Waals surface area contributed by atoms with Crippen LogP contribution in [0.3, 0.4) is 0 Å². The van der Waals surface area contributed by atoms with Gasteiger partial charge in [0, 0.05) is 18.8 Å². The van der Waals surface area contributed by atoms with E-state index in [0.717, 1.165) is 15.2 Å². The number of rotatable bonds is 6. The largest absolute Gasteiger partial charge is 0.451 e. The van der Waals surface area contributed by atoms with Gasteiger partial charge in [-0.2, -0.15) is 0 Å². The molecular formula is C19H19N3O4S. The highest BCUT2D eigenvalue weighted by atomic mass is 32.1. The monoisotopic (exact) mass is 385 g/mol. The van der Waals surface area contributed by atoms with Gasteiger partial charge in [-0.1, -0.05) is 12.1 Å². The van der Waals surface area contributed by atoms with Crippen LogP contribution in [0, 0.1) is 0 Å². The Bertz CT molecular complexity index is 974. The van der Waals surface area contributed by atoms with E-state index in [2.05, 4.69) is 9.97 Å². The molecule has 0 aliphatic heterocycles. The minimum Gasteiger partial charge on any atom is -0.451 e. The lowest BCUT2D eigenvalue weighted by molar-refractivity contribution is -0.135. The average Bonchev–Trinajstić information content (AvgIpc) is 3.31. The second-order valence-corrected chi connectivity index (χ2v) is 7.20. The number of para-hydroxylation sites is 1. The molecule has 27 heavy (non-hydrogen) atoms. The van der Waals surface area contributed by atoms with Gasteiger partial charge in [-0.3, -0.25) is 9.59 Å². The summed E-state index contributed by atoms with van der Waals surface area (Å²) in [6.45, 7) is 2.89. The van der Waals surface area contributed by atoms with Crippen LogP contribution >= 0.6 is 11.3 Å². The number of thiazole rings is 1. The van der Waals surface area contributed by atoms with E-state index in [1.165, 1.54) is 35.4 Å². The molecule has 0 aliphatic rings. The van der Waals surface area contributed by atoms with Crippen LogP contribution < -0.4 is 0 Å². The highest BCUT2D eigenvalue weighted by Crippen LogP contribution is 2.28. The number of hydrogen-bond donors (Lipinski definition) is 1. The molecule has 0 unspecified atom stereocenters. The summed E-state index contributed by atoms with van der Waals surface area (Å²) in [6, 6.07) is 8.94. The molecule has 1 aromatic carbocycles. The minimum absolute atomic E-state index is 0.134. The molecule has 0 bridgehead atoms. The smallest absolute Gasteiger partial charge is 0.355 e. The molecule has 1 amide bonds. The first-order valence-electron chi connectivity index (χ1n) is 8.34. The van der Waals surface area contributed by atoms with E-state index in [9.17, 15) is 14.4 Å². The molecule has 0 saturated heterocycles. The zero-order chi connectivity index (χ0) is 19.6. The average molecular weight is 385 g/mol. The molecule has 1 N–H and O–H groups in total. The molecule has 7 nitrogen and oxygen atoms in total. The van der Waals surface area contributed by atoms with E-state index in [1.807, 2.05) is 31.2 Å². The maximum Gasteiger partial charge on any atom is 0.355 e. The van der Waals surface area contributed by atoms with E-state index < -0.39 is 5.97 Å². The summed E-state index contributed by atoms with van der Waals surface area (Å²) in [6.07, 6.45) is 1.43. The third-order valence-electron chi connectivity index (χ3n) is 4.28. The van der Waals surface area contributed by atoms with Crippen molar-refractivity contribution in [3.63, 3.8) is 0 Å². The summed E-state index contributed by atoms with van der Waals surface area (Å²) < 4.78 is 6.11. The number of ether oxygens (including phenoxy) is 1. The Kier molecular flexibility index (Phi) is 5.36. The number of aromatic nitrogens is 2. The van der Waals surface area contributed by atoms with Crippen molar-refractivity contribution in [3.8, 4) is 0 Å². The molecule has 8 heteroatoms. The summed E-state index contributed by atoms with van der Waals surface area (Å²) in [5, 5.41) is 0.814. The summed E-state index contributed by atoms with van der Waals surface area (Å²) in [5.74, 6) is -1.18. The molecule has 3 aromatic rings. The number of carbonyl (C=O) groups excluding carboxylic acids is 3. The summed E-state index contributed by atoms with van der Waals surface area (Å²) in [5.41, 5.74) is 1.41.